The lowest BCUT2D eigenvalue weighted by atomic mass is 9.96. The van der Waals surface area contributed by atoms with Crippen LogP contribution in [0.3, 0.4) is 0 Å². The summed E-state index contributed by atoms with van der Waals surface area (Å²) in [7, 11) is 0. The van der Waals surface area contributed by atoms with Crippen molar-refractivity contribution in [1.82, 2.24) is 4.90 Å². The maximum absolute atomic E-state index is 4.18. The summed E-state index contributed by atoms with van der Waals surface area (Å²) in [6.07, 6.45) is 4.26. The molecule has 0 saturated heterocycles. The van der Waals surface area contributed by atoms with Crippen LogP contribution in [0.1, 0.15) is 59.6 Å². The van der Waals surface area contributed by atoms with E-state index in [9.17, 15) is 0 Å². The predicted molar refractivity (Wildman–Crippen MR) is 88.8 cm³/mol. The Morgan fingerprint density at radius 2 is 1.47 bits per heavy atom. The molecule has 1 heterocycles. The highest BCUT2D eigenvalue weighted by molar-refractivity contribution is 5.76. The van der Waals surface area contributed by atoms with Crippen LogP contribution in [0.15, 0.2) is 37.0 Å². The van der Waals surface area contributed by atoms with Gasteiger partial charge in [0.05, 0.1) is 0 Å². The average Bonchev–Trinajstić information content (AvgIpc) is 2.42. The van der Waals surface area contributed by atoms with Gasteiger partial charge in [0.15, 0.2) is 0 Å². The molecule has 0 aliphatic carbocycles. The molecule has 0 bridgehead atoms. The van der Waals surface area contributed by atoms with E-state index in [2.05, 4.69) is 68.8 Å². The second-order valence-corrected chi connectivity index (χ2v) is 4.89. The molecule has 1 aromatic rings. The normalized spacial score (nSPS) is 12.8. The molecule has 0 amide bonds. The van der Waals surface area contributed by atoms with Gasteiger partial charge >= 0.3 is 0 Å². The summed E-state index contributed by atoms with van der Waals surface area (Å²) in [6, 6.07) is 8.37. The zero-order valence-electron chi connectivity index (χ0n) is 13.6. The first kappa shape index (κ1) is 17.5. The molecule has 0 atom stereocenters. The van der Waals surface area contributed by atoms with Gasteiger partial charge in [-0.15, -0.1) is 0 Å². The van der Waals surface area contributed by atoms with E-state index < -0.39 is 0 Å². The van der Waals surface area contributed by atoms with Crippen LogP contribution in [0.25, 0.3) is 11.8 Å². The fourth-order valence-electron chi connectivity index (χ4n) is 1.91. The van der Waals surface area contributed by atoms with E-state index in [0.29, 0.717) is 0 Å². The molecule has 0 unspecified atom stereocenters. The van der Waals surface area contributed by atoms with E-state index in [1.165, 1.54) is 11.1 Å². The number of nitrogens with zero attached hydrogens (tertiary/aromatic N) is 1. The lowest BCUT2D eigenvalue weighted by Crippen LogP contribution is -2.36. The van der Waals surface area contributed by atoms with Crippen LogP contribution in [0.2, 0.25) is 0 Å². The van der Waals surface area contributed by atoms with Crippen molar-refractivity contribution < 1.29 is 0 Å². The first-order valence-electron chi connectivity index (χ1n) is 7.26. The number of hydrogen-bond acceptors (Lipinski definition) is 1. The van der Waals surface area contributed by atoms with Gasteiger partial charge < -0.3 is 4.90 Å². The highest BCUT2D eigenvalue weighted by atomic mass is 15.2. The van der Waals surface area contributed by atoms with Gasteiger partial charge in [0.25, 0.3) is 0 Å². The van der Waals surface area contributed by atoms with Gasteiger partial charge in [0.2, 0.25) is 0 Å². The van der Waals surface area contributed by atoms with Crippen molar-refractivity contribution in [3.8, 4) is 0 Å². The second kappa shape index (κ2) is 7.83. The van der Waals surface area contributed by atoms with E-state index in [4.69, 9.17) is 0 Å². The SMILES string of the molecule is C=C1c2ccccc2C=CN1C(C)(C)C.CC.CC. The third-order valence-corrected chi connectivity index (χ3v) is 2.69. The molecule has 0 spiro atoms. The summed E-state index contributed by atoms with van der Waals surface area (Å²) in [5.74, 6) is 0. The molecule has 0 radical (unpaired) electrons. The van der Waals surface area contributed by atoms with E-state index in [1.54, 1.807) is 0 Å². The predicted octanol–water partition coefficient (Wildman–Crippen LogP) is 5.79. The molecule has 1 nitrogen and oxygen atoms in total. The Hall–Kier alpha value is -1.50. The third-order valence-electron chi connectivity index (χ3n) is 2.69. The molecule has 1 aliphatic heterocycles. The van der Waals surface area contributed by atoms with Crippen molar-refractivity contribution >= 4 is 11.8 Å². The van der Waals surface area contributed by atoms with Gasteiger partial charge in [-0.1, -0.05) is 58.5 Å². The van der Waals surface area contributed by atoms with Crippen LogP contribution in [0.4, 0.5) is 0 Å². The highest BCUT2D eigenvalue weighted by Crippen LogP contribution is 2.32. The molecule has 19 heavy (non-hydrogen) atoms. The molecule has 0 saturated carbocycles. The Morgan fingerprint density at radius 1 is 0.947 bits per heavy atom. The molecule has 0 aromatic heterocycles. The van der Waals surface area contributed by atoms with Crippen molar-refractivity contribution in [3.63, 3.8) is 0 Å². The Bertz CT molecular complexity index is 422. The van der Waals surface area contributed by atoms with Crippen LogP contribution in [-0.2, 0) is 0 Å². The summed E-state index contributed by atoms with van der Waals surface area (Å²) in [6.45, 7) is 18.8. The standard InChI is InChI=1S/C14H17N.2C2H6/c1-11-13-8-6-5-7-12(13)9-10-15(11)14(2,3)4;2*1-2/h5-10H,1H2,2-4H3;2*1-2H3. The minimum atomic E-state index is 0.0844. The van der Waals surface area contributed by atoms with Crippen LogP contribution >= 0.6 is 0 Å². The Balaban J connectivity index is 0.000000741. The Kier molecular flexibility index (Phi) is 7.21. The largest absolute Gasteiger partial charge is 0.343 e. The van der Waals surface area contributed by atoms with E-state index >= 15 is 0 Å². The second-order valence-electron chi connectivity index (χ2n) is 4.89. The van der Waals surface area contributed by atoms with Crippen molar-refractivity contribution in [1.29, 1.82) is 0 Å². The van der Waals surface area contributed by atoms with E-state index in [1.807, 2.05) is 27.7 Å². The minimum absolute atomic E-state index is 0.0844. The molecule has 0 N–H and O–H groups in total. The fourth-order valence-corrected chi connectivity index (χ4v) is 1.91. The summed E-state index contributed by atoms with van der Waals surface area (Å²) in [5, 5.41) is 0. The van der Waals surface area contributed by atoms with E-state index in [0.717, 1.165) is 5.70 Å². The zero-order chi connectivity index (χ0) is 15.1. The number of fused-ring (bicyclic) bond motifs is 1. The van der Waals surface area contributed by atoms with Gasteiger partial charge in [0.1, 0.15) is 0 Å². The first-order chi connectivity index (χ1) is 9.00. The highest BCUT2D eigenvalue weighted by Gasteiger charge is 2.24. The quantitative estimate of drug-likeness (QED) is 0.569. The fraction of sp³-hybridized carbons (Fsp3) is 0.444. The topological polar surface area (TPSA) is 3.24 Å². The van der Waals surface area contributed by atoms with Crippen molar-refractivity contribution in [2.45, 2.75) is 54.0 Å². The maximum Gasteiger partial charge on any atom is 0.0417 e. The molecular formula is C18H29N. The molecule has 1 aromatic carbocycles. The van der Waals surface area contributed by atoms with Crippen molar-refractivity contribution in [2.24, 2.45) is 0 Å². The lowest BCUT2D eigenvalue weighted by molar-refractivity contribution is 0.297. The minimum Gasteiger partial charge on any atom is -0.343 e. The van der Waals surface area contributed by atoms with Crippen molar-refractivity contribution in [2.75, 3.05) is 0 Å². The molecule has 0 fully saturated rings. The molecule has 2 rings (SSSR count). The van der Waals surface area contributed by atoms with E-state index in [-0.39, 0.29) is 5.54 Å². The van der Waals surface area contributed by atoms with Crippen LogP contribution in [0.5, 0.6) is 0 Å². The third kappa shape index (κ3) is 4.27. The number of rotatable bonds is 0. The van der Waals surface area contributed by atoms with Crippen LogP contribution in [0, 0.1) is 0 Å². The average molecular weight is 259 g/mol. The summed E-state index contributed by atoms with van der Waals surface area (Å²) < 4.78 is 0. The number of benzene rings is 1. The Morgan fingerprint density at radius 3 is 2.00 bits per heavy atom. The van der Waals surface area contributed by atoms with Gasteiger partial charge in [-0.05, 0) is 32.4 Å². The molecule has 1 heteroatoms. The van der Waals surface area contributed by atoms with Crippen LogP contribution in [-0.4, -0.2) is 10.4 Å². The Labute approximate surface area is 119 Å². The zero-order valence-corrected chi connectivity index (χ0v) is 13.6. The smallest absolute Gasteiger partial charge is 0.0417 e. The number of hydrogen-bond donors (Lipinski definition) is 0. The monoisotopic (exact) mass is 259 g/mol. The maximum atomic E-state index is 4.18. The molecular weight excluding hydrogens is 230 g/mol. The first-order valence-corrected chi connectivity index (χ1v) is 7.26. The lowest BCUT2D eigenvalue weighted by Gasteiger charge is -2.38. The van der Waals surface area contributed by atoms with Crippen molar-refractivity contribution in [3.05, 3.63) is 48.2 Å². The summed E-state index contributed by atoms with van der Waals surface area (Å²) >= 11 is 0. The van der Waals surface area contributed by atoms with Crippen LogP contribution < -0.4 is 0 Å². The molecule has 1 aliphatic rings. The summed E-state index contributed by atoms with van der Waals surface area (Å²) in [5.41, 5.74) is 3.65. The molecule has 106 valence electrons. The van der Waals surface area contributed by atoms with Gasteiger partial charge in [-0.25, -0.2) is 0 Å². The van der Waals surface area contributed by atoms with Gasteiger partial charge in [-0.3, -0.25) is 0 Å². The van der Waals surface area contributed by atoms with Gasteiger partial charge in [-0.2, -0.15) is 0 Å². The summed E-state index contributed by atoms with van der Waals surface area (Å²) in [4.78, 5) is 2.22. The van der Waals surface area contributed by atoms with Gasteiger partial charge in [0, 0.05) is 23.0 Å².